The van der Waals surface area contributed by atoms with Crippen LogP contribution in [-0.2, 0) is 14.3 Å². The highest BCUT2D eigenvalue weighted by atomic mass is 16.6. The SMILES string of the molecule is C[C@H](NC(=O)C1CCCC1)C(=O)OC(C)(C)C. The minimum absolute atomic E-state index is 0.0131. The molecule has 0 spiro atoms. The summed E-state index contributed by atoms with van der Waals surface area (Å²) < 4.78 is 5.21. The Morgan fingerprint density at radius 2 is 1.76 bits per heavy atom. The Labute approximate surface area is 103 Å². The van der Waals surface area contributed by atoms with Crippen molar-refractivity contribution in [1.82, 2.24) is 5.32 Å². The molecule has 1 fully saturated rings. The van der Waals surface area contributed by atoms with Crippen molar-refractivity contribution < 1.29 is 14.3 Å². The molecule has 1 N–H and O–H groups in total. The van der Waals surface area contributed by atoms with Crippen molar-refractivity contribution in [3.63, 3.8) is 0 Å². The van der Waals surface area contributed by atoms with Crippen LogP contribution in [-0.4, -0.2) is 23.5 Å². The van der Waals surface area contributed by atoms with E-state index in [1.165, 1.54) is 0 Å². The summed E-state index contributed by atoms with van der Waals surface area (Å²) >= 11 is 0. The molecule has 1 aliphatic rings. The molecule has 1 atom stereocenters. The molecule has 17 heavy (non-hydrogen) atoms. The molecule has 0 unspecified atom stereocenters. The summed E-state index contributed by atoms with van der Waals surface area (Å²) in [7, 11) is 0. The molecule has 0 aromatic carbocycles. The van der Waals surface area contributed by atoms with Gasteiger partial charge in [0.25, 0.3) is 0 Å². The van der Waals surface area contributed by atoms with Crippen LogP contribution >= 0.6 is 0 Å². The Bertz CT molecular complexity index is 288. The van der Waals surface area contributed by atoms with Crippen molar-refractivity contribution in [3.05, 3.63) is 0 Å². The van der Waals surface area contributed by atoms with Crippen molar-refractivity contribution >= 4 is 11.9 Å². The van der Waals surface area contributed by atoms with E-state index in [1.807, 2.05) is 20.8 Å². The second-order valence-electron chi connectivity index (χ2n) is 5.75. The van der Waals surface area contributed by atoms with Crippen molar-refractivity contribution in [2.24, 2.45) is 5.92 Å². The van der Waals surface area contributed by atoms with Gasteiger partial charge >= 0.3 is 5.97 Å². The zero-order valence-electron chi connectivity index (χ0n) is 11.2. The summed E-state index contributed by atoms with van der Waals surface area (Å²) in [4.78, 5) is 23.5. The van der Waals surface area contributed by atoms with Gasteiger partial charge < -0.3 is 10.1 Å². The van der Waals surface area contributed by atoms with Gasteiger partial charge in [-0.1, -0.05) is 12.8 Å². The number of ether oxygens (including phenoxy) is 1. The molecule has 0 saturated heterocycles. The molecule has 1 aliphatic carbocycles. The van der Waals surface area contributed by atoms with Crippen molar-refractivity contribution in [1.29, 1.82) is 0 Å². The number of rotatable bonds is 3. The summed E-state index contributed by atoms with van der Waals surface area (Å²) in [6, 6.07) is -0.567. The van der Waals surface area contributed by atoms with E-state index in [0.717, 1.165) is 25.7 Å². The van der Waals surface area contributed by atoms with E-state index >= 15 is 0 Å². The third kappa shape index (κ3) is 4.75. The fraction of sp³-hybridized carbons (Fsp3) is 0.846. The van der Waals surface area contributed by atoms with Crippen molar-refractivity contribution in [2.45, 2.75) is 65.0 Å². The second kappa shape index (κ2) is 5.52. The van der Waals surface area contributed by atoms with Crippen LogP contribution in [0.25, 0.3) is 0 Å². The summed E-state index contributed by atoms with van der Waals surface area (Å²) in [5, 5.41) is 2.73. The summed E-state index contributed by atoms with van der Waals surface area (Å²) in [5.74, 6) is -0.301. The number of nitrogens with one attached hydrogen (secondary N) is 1. The Hall–Kier alpha value is -1.06. The van der Waals surface area contributed by atoms with Crippen LogP contribution in [0.1, 0.15) is 53.4 Å². The zero-order chi connectivity index (χ0) is 13.1. The van der Waals surface area contributed by atoms with E-state index in [2.05, 4.69) is 5.32 Å². The molecule has 4 heteroatoms. The van der Waals surface area contributed by atoms with Gasteiger partial charge in [0.15, 0.2) is 0 Å². The first-order chi connectivity index (χ1) is 7.79. The smallest absolute Gasteiger partial charge is 0.328 e. The molecule has 1 saturated carbocycles. The molecule has 0 aromatic heterocycles. The lowest BCUT2D eigenvalue weighted by Crippen LogP contribution is -2.44. The summed E-state index contributed by atoms with van der Waals surface area (Å²) in [5.41, 5.74) is -0.510. The number of hydrogen-bond acceptors (Lipinski definition) is 3. The van der Waals surface area contributed by atoms with E-state index in [0.29, 0.717) is 0 Å². The first-order valence-electron chi connectivity index (χ1n) is 6.33. The molecule has 98 valence electrons. The molecule has 0 aliphatic heterocycles. The summed E-state index contributed by atoms with van der Waals surface area (Å²) in [6.45, 7) is 7.12. The maximum atomic E-state index is 11.8. The van der Waals surface area contributed by atoms with Gasteiger partial charge in [0.2, 0.25) is 5.91 Å². The molecule has 1 rings (SSSR count). The maximum absolute atomic E-state index is 11.8. The van der Waals surface area contributed by atoms with Crippen LogP contribution in [0.4, 0.5) is 0 Å². The maximum Gasteiger partial charge on any atom is 0.328 e. The lowest BCUT2D eigenvalue weighted by molar-refractivity contribution is -0.158. The van der Waals surface area contributed by atoms with Gasteiger partial charge in [0, 0.05) is 5.92 Å². The average molecular weight is 241 g/mol. The van der Waals surface area contributed by atoms with Gasteiger partial charge in [0.1, 0.15) is 11.6 Å². The average Bonchev–Trinajstić information content (AvgIpc) is 2.67. The first-order valence-corrected chi connectivity index (χ1v) is 6.33. The highest BCUT2D eigenvalue weighted by Crippen LogP contribution is 2.24. The van der Waals surface area contributed by atoms with Crippen LogP contribution in [0.15, 0.2) is 0 Å². The lowest BCUT2D eigenvalue weighted by atomic mass is 10.1. The highest BCUT2D eigenvalue weighted by molar-refractivity contribution is 5.85. The first kappa shape index (κ1) is 14.0. The fourth-order valence-electron chi connectivity index (χ4n) is 1.97. The number of hydrogen-bond donors (Lipinski definition) is 1. The number of carbonyl (C=O) groups excluding carboxylic acids is 2. The molecule has 0 bridgehead atoms. The predicted molar refractivity (Wildman–Crippen MR) is 65.4 cm³/mol. The summed E-state index contributed by atoms with van der Waals surface area (Å²) in [6.07, 6.45) is 4.09. The highest BCUT2D eigenvalue weighted by Gasteiger charge is 2.27. The molecule has 4 nitrogen and oxygen atoms in total. The lowest BCUT2D eigenvalue weighted by Gasteiger charge is -2.23. The Morgan fingerprint density at radius 1 is 1.24 bits per heavy atom. The van der Waals surface area contributed by atoms with Crippen LogP contribution in [0.2, 0.25) is 0 Å². The number of carbonyl (C=O) groups is 2. The largest absolute Gasteiger partial charge is 0.458 e. The number of amides is 1. The number of esters is 1. The topological polar surface area (TPSA) is 55.4 Å². The van der Waals surface area contributed by atoms with Crippen LogP contribution in [0, 0.1) is 5.92 Å². The molecule has 0 aromatic rings. The van der Waals surface area contributed by atoms with Gasteiger partial charge in [-0.2, -0.15) is 0 Å². The molecular weight excluding hydrogens is 218 g/mol. The minimum Gasteiger partial charge on any atom is -0.458 e. The van der Waals surface area contributed by atoms with E-state index in [1.54, 1.807) is 6.92 Å². The molecule has 1 amide bonds. The van der Waals surface area contributed by atoms with Crippen molar-refractivity contribution in [2.75, 3.05) is 0 Å². The van der Waals surface area contributed by atoms with E-state index in [4.69, 9.17) is 4.74 Å². The predicted octanol–water partition coefficient (Wildman–Crippen LogP) is 2.02. The van der Waals surface area contributed by atoms with E-state index in [-0.39, 0.29) is 17.8 Å². The van der Waals surface area contributed by atoms with Crippen molar-refractivity contribution in [3.8, 4) is 0 Å². The normalized spacial score (nSPS) is 18.8. The molecule has 0 heterocycles. The quantitative estimate of drug-likeness (QED) is 0.769. The second-order valence-corrected chi connectivity index (χ2v) is 5.75. The van der Waals surface area contributed by atoms with Gasteiger partial charge in [-0.05, 0) is 40.5 Å². The van der Waals surface area contributed by atoms with Crippen LogP contribution in [0.3, 0.4) is 0 Å². The van der Waals surface area contributed by atoms with E-state index < -0.39 is 11.6 Å². The third-order valence-electron chi connectivity index (χ3n) is 2.85. The molecule has 0 radical (unpaired) electrons. The van der Waals surface area contributed by atoms with Gasteiger partial charge in [-0.3, -0.25) is 4.79 Å². The van der Waals surface area contributed by atoms with Crippen LogP contribution in [0.5, 0.6) is 0 Å². The Kier molecular flexibility index (Phi) is 4.54. The Morgan fingerprint density at radius 3 is 2.24 bits per heavy atom. The monoisotopic (exact) mass is 241 g/mol. The third-order valence-corrected chi connectivity index (χ3v) is 2.85. The standard InChI is InChI=1S/C13H23NO3/c1-9(12(16)17-13(2,3)4)14-11(15)10-7-5-6-8-10/h9-10H,5-8H2,1-4H3,(H,14,15)/t9-/m0/s1. The van der Waals surface area contributed by atoms with E-state index in [9.17, 15) is 9.59 Å². The fourth-order valence-corrected chi connectivity index (χ4v) is 1.97. The Balaban J connectivity index is 2.40. The van der Waals surface area contributed by atoms with Gasteiger partial charge in [0.05, 0.1) is 0 Å². The zero-order valence-corrected chi connectivity index (χ0v) is 11.2. The van der Waals surface area contributed by atoms with Gasteiger partial charge in [-0.25, -0.2) is 4.79 Å². The van der Waals surface area contributed by atoms with Gasteiger partial charge in [-0.15, -0.1) is 0 Å². The molecular formula is C13H23NO3. The minimum atomic E-state index is -0.567. The van der Waals surface area contributed by atoms with Crippen LogP contribution < -0.4 is 5.32 Å².